The van der Waals surface area contributed by atoms with E-state index in [0.29, 0.717) is 0 Å². The van der Waals surface area contributed by atoms with Crippen LogP contribution in [0.2, 0.25) is 0 Å². The lowest BCUT2D eigenvalue weighted by molar-refractivity contribution is -0.122. The van der Waals surface area contributed by atoms with Crippen molar-refractivity contribution in [1.82, 2.24) is 0 Å². The summed E-state index contributed by atoms with van der Waals surface area (Å²) in [6.45, 7) is 1.98. The Morgan fingerprint density at radius 3 is 2.70 bits per heavy atom. The summed E-state index contributed by atoms with van der Waals surface area (Å²) >= 11 is 0. The van der Waals surface area contributed by atoms with Crippen LogP contribution in [-0.2, 0) is 9.53 Å². The average Bonchev–Trinajstić information content (AvgIpc) is 2.47. The van der Waals surface area contributed by atoms with Gasteiger partial charge in [0.25, 0.3) is 0 Å². The summed E-state index contributed by atoms with van der Waals surface area (Å²) in [6.07, 6.45) is 4.79. The lowest BCUT2D eigenvalue weighted by Gasteiger charge is -2.31. The second kappa shape index (κ2) is 6.37. The van der Waals surface area contributed by atoms with Gasteiger partial charge in [-0.25, -0.2) is 0 Å². The first-order valence-corrected chi connectivity index (χ1v) is 7.28. The van der Waals surface area contributed by atoms with Gasteiger partial charge in [-0.05, 0) is 37.5 Å². The van der Waals surface area contributed by atoms with Crippen LogP contribution in [0.3, 0.4) is 0 Å². The Morgan fingerprint density at radius 1 is 1.35 bits per heavy atom. The molecule has 0 heterocycles. The number of carbonyl (C=O) groups is 1. The lowest BCUT2D eigenvalue weighted by Crippen LogP contribution is -2.52. The summed E-state index contributed by atoms with van der Waals surface area (Å²) in [5.74, 6) is -0.0700. The first kappa shape index (κ1) is 15.0. The predicted molar refractivity (Wildman–Crippen MR) is 80.5 cm³/mol. The van der Waals surface area contributed by atoms with Crippen LogP contribution in [0.25, 0.3) is 0 Å². The van der Waals surface area contributed by atoms with Crippen molar-refractivity contribution in [2.24, 2.45) is 5.73 Å². The molecule has 0 radical (unpaired) electrons. The Balaban J connectivity index is 2.07. The van der Waals surface area contributed by atoms with Crippen LogP contribution in [-0.4, -0.2) is 18.6 Å². The number of carbonyl (C=O) groups excluding carboxylic acids is 1. The van der Waals surface area contributed by atoms with E-state index in [-0.39, 0.29) is 12.0 Å². The minimum Gasteiger partial charge on any atom is -0.377 e. The van der Waals surface area contributed by atoms with Crippen molar-refractivity contribution in [3.05, 3.63) is 29.8 Å². The molecule has 1 fully saturated rings. The maximum atomic E-state index is 12.4. The lowest BCUT2D eigenvalue weighted by atomic mass is 9.82. The molecule has 1 atom stereocenters. The number of hydrogen-bond acceptors (Lipinski definition) is 3. The number of nitrogens with two attached hydrogens (primary N) is 1. The van der Waals surface area contributed by atoms with Crippen molar-refractivity contribution in [2.45, 2.75) is 50.7 Å². The minimum atomic E-state index is -0.707. The van der Waals surface area contributed by atoms with Gasteiger partial charge in [-0.15, -0.1) is 0 Å². The predicted octanol–water partition coefficient (Wildman–Crippen LogP) is 2.99. The maximum Gasteiger partial charge on any atom is 0.244 e. The molecule has 1 aliphatic rings. The summed E-state index contributed by atoms with van der Waals surface area (Å²) in [4.78, 5) is 12.4. The van der Waals surface area contributed by atoms with E-state index in [1.165, 1.54) is 6.42 Å². The molecule has 1 unspecified atom stereocenters. The van der Waals surface area contributed by atoms with Gasteiger partial charge in [-0.3, -0.25) is 4.79 Å². The second-order valence-electron chi connectivity index (χ2n) is 5.67. The van der Waals surface area contributed by atoms with Gasteiger partial charge in [-0.2, -0.15) is 0 Å². The van der Waals surface area contributed by atoms with E-state index in [1.54, 1.807) is 7.11 Å². The van der Waals surface area contributed by atoms with Gasteiger partial charge in [0.05, 0.1) is 11.6 Å². The number of hydrogen-bond donors (Lipinski definition) is 2. The zero-order valence-electron chi connectivity index (χ0n) is 12.3. The quantitative estimate of drug-likeness (QED) is 0.888. The van der Waals surface area contributed by atoms with Gasteiger partial charge in [0.2, 0.25) is 5.91 Å². The van der Waals surface area contributed by atoms with Crippen molar-refractivity contribution in [1.29, 1.82) is 0 Å². The topological polar surface area (TPSA) is 64.3 Å². The van der Waals surface area contributed by atoms with Crippen molar-refractivity contribution >= 4 is 11.6 Å². The number of methoxy groups -OCH3 is 1. The molecule has 4 nitrogen and oxygen atoms in total. The fraction of sp³-hybridized carbons (Fsp3) is 0.562. The van der Waals surface area contributed by atoms with Crippen molar-refractivity contribution in [3.8, 4) is 0 Å². The highest BCUT2D eigenvalue weighted by Gasteiger charge is 2.35. The van der Waals surface area contributed by atoms with Gasteiger partial charge in [0.15, 0.2) is 0 Å². The third-order valence-corrected chi connectivity index (χ3v) is 4.17. The fourth-order valence-corrected chi connectivity index (χ4v) is 2.67. The summed E-state index contributed by atoms with van der Waals surface area (Å²) in [7, 11) is 1.67. The number of benzene rings is 1. The molecule has 1 aromatic rings. The Morgan fingerprint density at radius 2 is 2.05 bits per heavy atom. The first-order chi connectivity index (χ1) is 9.55. The molecule has 0 bridgehead atoms. The Kier molecular flexibility index (Phi) is 4.78. The summed E-state index contributed by atoms with van der Waals surface area (Å²) in [5, 5.41) is 2.95. The Labute approximate surface area is 120 Å². The molecular formula is C16H24N2O2. The summed E-state index contributed by atoms with van der Waals surface area (Å²) < 4.78 is 5.29. The van der Waals surface area contributed by atoms with Crippen LogP contribution < -0.4 is 11.1 Å². The van der Waals surface area contributed by atoms with E-state index in [0.717, 1.165) is 36.9 Å². The van der Waals surface area contributed by atoms with E-state index in [1.807, 2.05) is 31.2 Å². The van der Waals surface area contributed by atoms with Crippen LogP contribution in [0, 0.1) is 0 Å². The van der Waals surface area contributed by atoms with Crippen LogP contribution in [0.1, 0.15) is 50.7 Å². The number of ether oxygens (including phenoxy) is 1. The molecule has 20 heavy (non-hydrogen) atoms. The first-order valence-electron chi connectivity index (χ1n) is 7.28. The highest BCUT2D eigenvalue weighted by Crippen LogP contribution is 2.27. The highest BCUT2D eigenvalue weighted by molar-refractivity contribution is 5.98. The molecule has 110 valence electrons. The smallest absolute Gasteiger partial charge is 0.244 e. The average molecular weight is 276 g/mol. The van der Waals surface area contributed by atoms with E-state index in [9.17, 15) is 4.79 Å². The fourth-order valence-electron chi connectivity index (χ4n) is 2.67. The highest BCUT2D eigenvalue weighted by atomic mass is 16.5. The third-order valence-electron chi connectivity index (χ3n) is 4.17. The zero-order chi connectivity index (χ0) is 14.6. The number of amides is 1. The van der Waals surface area contributed by atoms with Gasteiger partial charge >= 0.3 is 0 Å². The molecule has 1 saturated carbocycles. The molecule has 0 saturated heterocycles. The van der Waals surface area contributed by atoms with Crippen molar-refractivity contribution in [2.75, 3.05) is 12.4 Å². The van der Waals surface area contributed by atoms with E-state index in [2.05, 4.69) is 5.32 Å². The molecule has 2 rings (SSSR count). The molecule has 1 aromatic carbocycles. The minimum absolute atomic E-state index is 0.00775. The molecule has 0 aromatic heterocycles. The van der Waals surface area contributed by atoms with E-state index < -0.39 is 5.54 Å². The van der Waals surface area contributed by atoms with E-state index in [4.69, 9.17) is 10.5 Å². The number of rotatable bonds is 4. The van der Waals surface area contributed by atoms with Crippen LogP contribution >= 0.6 is 0 Å². The SMILES string of the molecule is COC(C)c1cccc(NC(=O)C2(N)CCCCC2)c1. The molecular weight excluding hydrogens is 252 g/mol. The third kappa shape index (κ3) is 3.38. The number of nitrogens with one attached hydrogen (secondary N) is 1. The standard InChI is InChI=1S/C16H24N2O2/c1-12(20-2)13-7-6-8-14(11-13)18-15(19)16(17)9-4-3-5-10-16/h6-8,11-12H,3-5,9-10,17H2,1-2H3,(H,18,19). The van der Waals surface area contributed by atoms with Gasteiger partial charge in [-0.1, -0.05) is 31.4 Å². The van der Waals surface area contributed by atoms with Crippen LogP contribution in [0.5, 0.6) is 0 Å². The Hall–Kier alpha value is -1.39. The molecule has 0 aliphatic heterocycles. The van der Waals surface area contributed by atoms with Crippen LogP contribution in [0.15, 0.2) is 24.3 Å². The van der Waals surface area contributed by atoms with Crippen LogP contribution in [0.4, 0.5) is 5.69 Å². The number of anilines is 1. The van der Waals surface area contributed by atoms with Crippen molar-refractivity contribution in [3.63, 3.8) is 0 Å². The van der Waals surface area contributed by atoms with E-state index >= 15 is 0 Å². The molecule has 1 aliphatic carbocycles. The molecule has 3 N–H and O–H groups in total. The largest absolute Gasteiger partial charge is 0.377 e. The molecule has 0 spiro atoms. The van der Waals surface area contributed by atoms with Gasteiger partial charge in [0, 0.05) is 12.8 Å². The summed E-state index contributed by atoms with van der Waals surface area (Å²) in [6, 6.07) is 7.74. The summed E-state index contributed by atoms with van der Waals surface area (Å²) in [5.41, 5.74) is 7.36. The molecule has 4 heteroatoms. The monoisotopic (exact) mass is 276 g/mol. The van der Waals surface area contributed by atoms with Gasteiger partial charge < -0.3 is 15.8 Å². The second-order valence-corrected chi connectivity index (χ2v) is 5.67. The normalized spacial score (nSPS) is 19.4. The Bertz CT molecular complexity index is 467. The van der Waals surface area contributed by atoms with Gasteiger partial charge in [0.1, 0.15) is 0 Å². The van der Waals surface area contributed by atoms with Crippen molar-refractivity contribution < 1.29 is 9.53 Å². The maximum absolute atomic E-state index is 12.4. The zero-order valence-corrected chi connectivity index (χ0v) is 12.3. The molecule has 1 amide bonds.